The zero-order chi connectivity index (χ0) is 19.8. The highest BCUT2D eigenvalue weighted by Gasteiger charge is 2.32. The van der Waals surface area contributed by atoms with E-state index in [1.54, 1.807) is 24.5 Å². The number of hydrogen-bond acceptors (Lipinski definition) is 6. The van der Waals surface area contributed by atoms with Crippen LogP contribution >= 0.6 is 0 Å². The van der Waals surface area contributed by atoms with Crippen LogP contribution < -0.4 is 10.9 Å². The lowest BCUT2D eigenvalue weighted by Crippen LogP contribution is -2.37. The van der Waals surface area contributed by atoms with Gasteiger partial charge in [0.2, 0.25) is 5.95 Å². The predicted octanol–water partition coefficient (Wildman–Crippen LogP) is 2.24. The van der Waals surface area contributed by atoms with Crippen molar-refractivity contribution >= 4 is 17.0 Å². The summed E-state index contributed by atoms with van der Waals surface area (Å²) in [6, 6.07) is 14.6. The molecule has 4 aromatic rings. The van der Waals surface area contributed by atoms with E-state index >= 15 is 0 Å². The van der Waals surface area contributed by atoms with Crippen LogP contribution in [-0.2, 0) is 11.8 Å². The number of anilines is 1. The molecule has 1 saturated heterocycles. The van der Waals surface area contributed by atoms with E-state index < -0.39 is 0 Å². The number of rotatable bonds is 4. The first-order valence-electron chi connectivity index (χ1n) is 9.47. The summed E-state index contributed by atoms with van der Waals surface area (Å²) in [7, 11) is 1.97. The standard InChI is InChI=1S/C21H20N6O2/c1-26-18-5-3-2-4-16(18)23-21(26)24-17-12-29-13-19(17)27-20(28)7-6-15(25-27)14-8-10-22-11-9-14/h2-11,17,19H,12-13H2,1H3,(H,23,24). The summed E-state index contributed by atoms with van der Waals surface area (Å²) in [5, 5.41) is 8.06. The van der Waals surface area contributed by atoms with Gasteiger partial charge in [-0.1, -0.05) is 12.1 Å². The van der Waals surface area contributed by atoms with E-state index in [9.17, 15) is 4.79 Å². The molecule has 1 aliphatic rings. The van der Waals surface area contributed by atoms with Gasteiger partial charge in [0, 0.05) is 31.1 Å². The summed E-state index contributed by atoms with van der Waals surface area (Å²) in [4.78, 5) is 21.3. The fraction of sp³-hybridized carbons (Fsp3) is 0.238. The van der Waals surface area contributed by atoms with Crippen LogP contribution in [-0.4, -0.2) is 43.6 Å². The molecule has 1 aromatic carbocycles. The monoisotopic (exact) mass is 388 g/mol. The van der Waals surface area contributed by atoms with Crippen molar-refractivity contribution in [3.05, 3.63) is 71.3 Å². The number of fused-ring (bicyclic) bond motifs is 1. The van der Waals surface area contributed by atoms with Gasteiger partial charge in [0.1, 0.15) is 6.04 Å². The van der Waals surface area contributed by atoms with Crippen molar-refractivity contribution in [1.29, 1.82) is 0 Å². The average Bonchev–Trinajstić information content (AvgIpc) is 3.34. The second-order valence-corrected chi connectivity index (χ2v) is 7.08. The molecule has 0 bridgehead atoms. The molecule has 0 radical (unpaired) electrons. The minimum absolute atomic E-state index is 0.122. The van der Waals surface area contributed by atoms with Crippen molar-refractivity contribution in [2.75, 3.05) is 18.5 Å². The van der Waals surface area contributed by atoms with Crippen molar-refractivity contribution < 1.29 is 4.74 Å². The molecule has 146 valence electrons. The normalized spacial score (nSPS) is 18.9. The molecular formula is C21H20N6O2. The fourth-order valence-electron chi connectivity index (χ4n) is 3.70. The molecular weight excluding hydrogens is 368 g/mol. The maximum absolute atomic E-state index is 12.6. The van der Waals surface area contributed by atoms with E-state index in [4.69, 9.17) is 4.74 Å². The Kier molecular flexibility index (Phi) is 4.33. The summed E-state index contributed by atoms with van der Waals surface area (Å²) in [6.45, 7) is 0.885. The van der Waals surface area contributed by atoms with Gasteiger partial charge in [-0.15, -0.1) is 0 Å². The Morgan fingerprint density at radius 1 is 1.07 bits per heavy atom. The number of nitrogens with one attached hydrogen (secondary N) is 1. The summed E-state index contributed by atoms with van der Waals surface area (Å²) >= 11 is 0. The summed E-state index contributed by atoms with van der Waals surface area (Å²) in [5.41, 5.74) is 3.44. The number of aromatic nitrogens is 5. The van der Waals surface area contributed by atoms with Gasteiger partial charge in [-0.3, -0.25) is 9.78 Å². The SMILES string of the molecule is Cn1c(NC2COCC2n2nc(-c3ccncc3)ccc2=O)nc2ccccc21. The molecule has 8 heteroatoms. The van der Waals surface area contributed by atoms with Crippen LogP contribution in [0.4, 0.5) is 5.95 Å². The van der Waals surface area contributed by atoms with Crippen LogP contribution in [0.1, 0.15) is 6.04 Å². The number of nitrogens with zero attached hydrogens (tertiary/aromatic N) is 5. The van der Waals surface area contributed by atoms with Crippen molar-refractivity contribution in [1.82, 2.24) is 24.3 Å². The first kappa shape index (κ1) is 17.6. The van der Waals surface area contributed by atoms with Crippen LogP contribution in [0.3, 0.4) is 0 Å². The van der Waals surface area contributed by atoms with Gasteiger partial charge < -0.3 is 14.6 Å². The molecule has 0 amide bonds. The molecule has 3 aromatic heterocycles. The van der Waals surface area contributed by atoms with Crippen molar-refractivity contribution in [2.45, 2.75) is 12.1 Å². The zero-order valence-electron chi connectivity index (χ0n) is 15.9. The molecule has 4 heterocycles. The molecule has 29 heavy (non-hydrogen) atoms. The Labute approximate surface area is 166 Å². The third kappa shape index (κ3) is 3.17. The first-order chi connectivity index (χ1) is 14.2. The summed E-state index contributed by atoms with van der Waals surface area (Å²) in [5.74, 6) is 0.741. The van der Waals surface area contributed by atoms with Crippen LogP contribution in [0.15, 0.2) is 65.7 Å². The highest BCUT2D eigenvalue weighted by atomic mass is 16.5. The minimum atomic E-state index is -0.232. The van der Waals surface area contributed by atoms with Crippen LogP contribution in [0, 0.1) is 0 Å². The molecule has 0 saturated carbocycles. The molecule has 0 spiro atoms. The minimum Gasteiger partial charge on any atom is -0.377 e. The number of benzene rings is 1. The van der Waals surface area contributed by atoms with Crippen LogP contribution in [0.25, 0.3) is 22.3 Å². The van der Waals surface area contributed by atoms with Crippen molar-refractivity contribution in [3.8, 4) is 11.3 Å². The van der Waals surface area contributed by atoms with Gasteiger partial charge >= 0.3 is 0 Å². The van der Waals surface area contributed by atoms with Gasteiger partial charge in [-0.25, -0.2) is 9.67 Å². The topological polar surface area (TPSA) is 86.9 Å². The maximum Gasteiger partial charge on any atom is 0.267 e. The molecule has 2 unspecified atom stereocenters. The maximum atomic E-state index is 12.6. The molecule has 8 nitrogen and oxygen atoms in total. The van der Waals surface area contributed by atoms with Crippen LogP contribution in [0.2, 0.25) is 0 Å². The number of imidazole rings is 1. The summed E-state index contributed by atoms with van der Waals surface area (Å²) < 4.78 is 9.23. The van der Waals surface area contributed by atoms with Gasteiger partial charge in [-0.2, -0.15) is 5.10 Å². The van der Waals surface area contributed by atoms with Gasteiger partial charge in [0.25, 0.3) is 5.56 Å². The summed E-state index contributed by atoms with van der Waals surface area (Å²) in [6.07, 6.45) is 3.42. The lowest BCUT2D eigenvalue weighted by atomic mass is 10.1. The van der Waals surface area contributed by atoms with Crippen molar-refractivity contribution in [2.24, 2.45) is 7.05 Å². The Hall–Kier alpha value is -3.52. The quantitative estimate of drug-likeness (QED) is 0.577. The predicted molar refractivity (Wildman–Crippen MR) is 110 cm³/mol. The highest BCUT2D eigenvalue weighted by Crippen LogP contribution is 2.25. The smallest absolute Gasteiger partial charge is 0.267 e. The van der Waals surface area contributed by atoms with Gasteiger partial charge in [0.05, 0.1) is 36.0 Å². The molecule has 1 N–H and O–H groups in total. The molecule has 2 atom stereocenters. The van der Waals surface area contributed by atoms with Gasteiger partial charge in [-0.05, 0) is 30.3 Å². The number of pyridine rings is 1. The molecule has 5 rings (SSSR count). The van der Waals surface area contributed by atoms with E-state index in [0.29, 0.717) is 13.2 Å². The lowest BCUT2D eigenvalue weighted by molar-refractivity contribution is 0.183. The van der Waals surface area contributed by atoms with E-state index in [0.717, 1.165) is 28.2 Å². The third-order valence-electron chi connectivity index (χ3n) is 5.27. The van der Waals surface area contributed by atoms with E-state index in [1.807, 2.05) is 48.0 Å². The molecule has 0 aliphatic carbocycles. The second-order valence-electron chi connectivity index (χ2n) is 7.08. The number of ether oxygens (including phenoxy) is 1. The average molecular weight is 388 g/mol. The Morgan fingerprint density at radius 2 is 1.90 bits per heavy atom. The van der Waals surface area contributed by atoms with E-state index in [1.165, 1.54) is 4.68 Å². The number of para-hydroxylation sites is 2. The van der Waals surface area contributed by atoms with Crippen LogP contribution in [0.5, 0.6) is 0 Å². The fourth-order valence-corrected chi connectivity index (χ4v) is 3.70. The largest absolute Gasteiger partial charge is 0.377 e. The zero-order valence-corrected chi connectivity index (χ0v) is 15.9. The number of aryl methyl sites for hydroxylation is 1. The molecule has 1 aliphatic heterocycles. The van der Waals surface area contributed by atoms with Gasteiger partial charge in [0.15, 0.2) is 0 Å². The lowest BCUT2D eigenvalue weighted by Gasteiger charge is -2.21. The van der Waals surface area contributed by atoms with E-state index in [2.05, 4.69) is 20.4 Å². The van der Waals surface area contributed by atoms with Crippen molar-refractivity contribution in [3.63, 3.8) is 0 Å². The first-order valence-corrected chi connectivity index (χ1v) is 9.47. The number of hydrogen-bond donors (Lipinski definition) is 1. The molecule has 1 fully saturated rings. The third-order valence-corrected chi connectivity index (χ3v) is 5.27. The van der Waals surface area contributed by atoms with E-state index in [-0.39, 0.29) is 17.6 Å². The highest BCUT2D eigenvalue weighted by molar-refractivity contribution is 5.78. The Morgan fingerprint density at radius 3 is 2.72 bits per heavy atom. The Bertz CT molecular complexity index is 1220. The Balaban J connectivity index is 1.48. The second kappa shape index (κ2) is 7.14.